The topological polar surface area (TPSA) is 38.9 Å². The van der Waals surface area contributed by atoms with Gasteiger partial charge in [0, 0.05) is 15.6 Å². The van der Waals surface area contributed by atoms with E-state index in [4.69, 9.17) is 5.73 Å². The van der Waals surface area contributed by atoms with E-state index in [1.54, 1.807) is 11.3 Å². The number of alkyl halides is 1. The normalized spacial score (nSPS) is 30.5. The second-order valence-electron chi connectivity index (χ2n) is 4.79. The lowest BCUT2D eigenvalue weighted by atomic mass is 9.79. The van der Waals surface area contributed by atoms with Crippen molar-refractivity contribution in [2.24, 2.45) is 0 Å². The van der Waals surface area contributed by atoms with Crippen LogP contribution in [0, 0.1) is 0 Å². The maximum Gasteiger partial charge on any atom is 0.180 e. The third kappa shape index (κ3) is 2.77. The molecular formula is C12H19BrN2S. The van der Waals surface area contributed by atoms with Crippen LogP contribution in [0.25, 0.3) is 0 Å². The molecule has 2 N–H and O–H groups in total. The summed E-state index contributed by atoms with van der Waals surface area (Å²) in [4.78, 5) is 4.41. The van der Waals surface area contributed by atoms with Crippen molar-refractivity contribution >= 4 is 32.4 Å². The first-order chi connectivity index (χ1) is 7.63. The van der Waals surface area contributed by atoms with Crippen molar-refractivity contribution < 1.29 is 0 Å². The number of nitrogen functional groups attached to an aromatic ring is 1. The molecule has 1 heterocycles. The molecule has 0 atom stereocenters. The van der Waals surface area contributed by atoms with Crippen LogP contribution in [0.1, 0.15) is 57.1 Å². The molecule has 0 radical (unpaired) electrons. The average molecular weight is 303 g/mol. The SMILES string of the molecule is CCCC1(Br)CCC(c2csc(N)n2)CC1. The summed E-state index contributed by atoms with van der Waals surface area (Å²) < 4.78 is 0.403. The first kappa shape index (κ1) is 12.4. The zero-order valence-corrected chi connectivity index (χ0v) is 12.1. The van der Waals surface area contributed by atoms with Gasteiger partial charge in [-0.3, -0.25) is 0 Å². The molecule has 1 aromatic rings. The first-order valence-corrected chi connectivity index (χ1v) is 7.70. The molecule has 16 heavy (non-hydrogen) atoms. The van der Waals surface area contributed by atoms with E-state index in [-0.39, 0.29) is 0 Å². The van der Waals surface area contributed by atoms with Gasteiger partial charge in [0.05, 0.1) is 5.69 Å². The fourth-order valence-corrected chi connectivity index (χ4v) is 4.12. The molecule has 0 saturated heterocycles. The molecule has 1 fully saturated rings. The Labute approximate surface area is 110 Å². The first-order valence-electron chi connectivity index (χ1n) is 6.03. The smallest absolute Gasteiger partial charge is 0.180 e. The molecule has 1 aliphatic rings. The molecule has 0 unspecified atom stereocenters. The van der Waals surface area contributed by atoms with Gasteiger partial charge in [-0.15, -0.1) is 11.3 Å². The fraction of sp³-hybridized carbons (Fsp3) is 0.750. The summed E-state index contributed by atoms with van der Waals surface area (Å²) in [5, 5.41) is 2.83. The van der Waals surface area contributed by atoms with Crippen molar-refractivity contribution in [1.82, 2.24) is 4.98 Å². The van der Waals surface area contributed by atoms with Crippen molar-refractivity contribution in [3.63, 3.8) is 0 Å². The Morgan fingerprint density at radius 2 is 2.25 bits per heavy atom. The summed E-state index contributed by atoms with van der Waals surface area (Å²) in [6.45, 7) is 2.26. The molecule has 0 bridgehead atoms. The van der Waals surface area contributed by atoms with E-state index in [0.717, 1.165) is 0 Å². The number of rotatable bonds is 3. The van der Waals surface area contributed by atoms with Crippen molar-refractivity contribution in [2.75, 3.05) is 5.73 Å². The van der Waals surface area contributed by atoms with Gasteiger partial charge in [-0.1, -0.05) is 29.3 Å². The van der Waals surface area contributed by atoms with Crippen LogP contribution in [0.2, 0.25) is 0 Å². The number of anilines is 1. The number of nitrogens with two attached hydrogens (primary N) is 1. The summed E-state index contributed by atoms with van der Waals surface area (Å²) >= 11 is 5.48. The predicted octanol–water partition coefficient (Wildman–Crippen LogP) is 4.32. The Balaban J connectivity index is 1.95. The molecule has 2 nitrogen and oxygen atoms in total. The summed E-state index contributed by atoms with van der Waals surface area (Å²) in [5.74, 6) is 0.635. The lowest BCUT2D eigenvalue weighted by Gasteiger charge is -2.35. The fourth-order valence-electron chi connectivity index (χ4n) is 2.62. The van der Waals surface area contributed by atoms with E-state index in [1.807, 2.05) is 0 Å². The van der Waals surface area contributed by atoms with Crippen LogP contribution >= 0.6 is 27.3 Å². The molecule has 1 aliphatic carbocycles. The quantitative estimate of drug-likeness (QED) is 0.845. The Hall–Kier alpha value is -0.0900. The Bertz CT molecular complexity index is 343. The minimum Gasteiger partial charge on any atom is -0.375 e. The van der Waals surface area contributed by atoms with Crippen LogP contribution in [0.5, 0.6) is 0 Å². The highest BCUT2D eigenvalue weighted by Crippen LogP contribution is 2.45. The third-order valence-electron chi connectivity index (χ3n) is 3.54. The summed E-state index contributed by atoms with van der Waals surface area (Å²) in [5.41, 5.74) is 6.90. The number of nitrogens with zero attached hydrogens (tertiary/aromatic N) is 1. The zero-order chi connectivity index (χ0) is 11.6. The van der Waals surface area contributed by atoms with Crippen molar-refractivity contribution in [3.05, 3.63) is 11.1 Å². The molecule has 1 saturated carbocycles. The Morgan fingerprint density at radius 1 is 1.56 bits per heavy atom. The van der Waals surface area contributed by atoms with Gasteiger partial charge in [-0.25, -0.2) is 4.98 Å². The average Bonchev–Trinajstić information content (AvgIpc) is 2.66. The van der Waals surface area contributed by atoms with Gasteiger partial charge < -0.3 is 5.73 Å². The second kappa shape index (κ2) is 5.05. The highest BCUT2D eigenvalue weighted by atomic mass is 79.9. The van der Waals surface area contributed by atoms with Crippen LogP contribution in [0.3, 0.4) is 0 Å². The van der Waals surface area contributed by atoms with Crippen LogP contribution in [0.15, 0.2) is 5.38 Å². The lowest BCUT2D eigenvalue weighted by Crippen LogP contribution is -2.27. The standard InChI is InChI=1S/C12H19BrN2S/c1-2-5-12(13)6-3-9(4-7-12)10-8-16-11(14)15-10/h8-9H,2-7H2,1H3,(H2,14,15). The largest absolute Gasteiger partial charge is 0.375 e. The third-order valence-corrected chi connectivity index (χ3v) is 5.42. The van der Waals surface area contributed by atoms with Gasteiger partial charge in [-0.2, -0.15) is 0 Å². The lowest BCUT2D eigenvalue weighted by molar-refractivity contribution is 0.346. The Kier molecular flexibility index (Phi) is 3.90. The predicted molar refractivity (Wildman–Crippen MR) is 74.3 cm³/mol. The van der Waals surface area contributed by atoms with Gasteiger partial charge in [0.15, 0.2) is 5.13 Å². The molecule has 0 amide bonds. The Morgan fingerprint density at radius 3 is 2.75 bits per heavy atom. The minimum absolute atomic E-state index is 0.403. The van der Waals surface area contributed by atoms with Crippen LogP contribution < -0.4 is 5.73 Å². The molecule has 4 heteroatoms. The maximum absolute atomic E-state index is 5.68. The van der Waals surface area contributed by atoms with E-state index in [9.17, 15) is 0 Å². The van der Waals surface area contributed by atoms with Crippen LogP contribution in [-0.2, 0) is 0 Å². The maximum atomic E-state index is 5.68. The van der Waals surface area contributed by atoms with Crippen molar-refractivity contribution in [2.45, 2.75) is 55.7 Å². The van der Waals surface area contributed by atoms with E-state index in [2.05, 4.69) is 33.2 Å². The minimum atomic E-state index is 0.403. The number of aromatic nitrogens is 1. The second-order valence-corrected chi connectivity index (χ2v) is 7.36. The highest BCUT2D eigenvalue weighted by molar-refractivity contribution is 9.10. The highest BCUT2D eigenvalue weighted by Gasteiger charge is 2.33. The van der Waals surface area contributed by atoms with Gasteiger partial charge >= 0.3 is 0 Å². The molecular weight excluding hydrogens is 284 g/mol. The number of hydrogen-bond acceptors (Lipinski definition) is 3. The molecule has 0 aliphatic heterocycles. The molecule has 90 valence electrons. The summed E-state index contributed by atoms with van der Waals surface area (Å²) in [7, 11) is 0. The van der Waals surface area contributed by atoms with E-state index < -0.39 is 0 Å². The van der Waals surface area contributed by atoms with Crippen molar-refractivity contribution in [3.8, 4) is 0 Å². The van der Waals surface area contributed by atoms with Crippen LogP contribution in [0.4, 0.5) is 5.13 Å². The molecule has 0 spiro atoms. The van der Waals surface area contributed by atoms with Gasteiger partial charge in [0.25, 0.3) is 0 Å². The summed E-state index contributed by atoms with van der Waals surface area (Å²) in [6, 6.07) is 0. The van der Waals surface area contributed by atoms with E-state index >= 15 is 0 Å². The number of halogens is 1. The van der Waals surface area contributed by atoms with Gasteiger partial charge in [-0.05, 0) is 32.1 Å². The monoisotopic (exact) mass is 302 g/mol. The number of thiazole rings is 1. The summed E-state index contributed by atoms with van der Waals surface area (Å²) in [6.07, 6.45) is 7.58. The number of hydrogen-bond donors (Lipinski definition) is 1. The van der Waals surface area contributed by atoms with E-state index in [0.29, 0.717) is 15.4 Å². The van der Waals surface area contributed by atoms with Gasteiger partial charge in [0.2, 0.25) is 0 Å². The zero-order valence-electron chi connectivity index (χ0n) is 9.71. The van der Waals surface area contributed by atoms with Crippen LogP contribution in [-0.4, -0.2) is 9.31 Å². The molecule has 0 aromatic carbocycles. The molecule has 2 rings (SSSR count). The molecule has 1 aromatic heterocycles. The van der Waals surface area contributed by atoms with Gasteiger partial charge in [0.1, 0.15) is 0 Å². The van der Waals surface area contributed by atoms with E-state index in [1.165, 1.54) is 44.2 Å². The van der Waals surface area contributed by atoms with Crippen molar-refractivity contribution in [1.29, 1.82) is 0 Å².